The van der Waals surface area contributed by atoms with E-state index >= 15 is 0 Å². The summed E-state index contributed by atoms with van der Waals surface area (Å²) >= 11 is 0. The number of aromatic hydroxyl groups is 1. The highest BCUT2D eigenvalue weighted by Gasteiger charge is 2.47. The van der Waals surface area contributed by atoms with Crippen LogP contribution in [0, 0.1) is 11.3 Å². The topological polar surface area (TPSA) is 116 Å². The van der Waals surface area contributed by atoms with Gasteiger partial charge >= 0.3 is 0 Å². The standard InChI is InChI=1S/C32H43N3O4/c1-4-18-35(19-5-2)30(38)26-12-9-17-32(21-26,31(33)39)28(20-24-10-7-6-8-11-24)29(37)22-34-23(3)25-13-15-27(36)16-14-25/h6-17,23,28-29,34,36-37H,4-5,18-22H2,1-3H3,(H2,33,39)/t23?,28-,29+,32?/m1/s1. The van der Waals surface area contributed by atoms with E-state index in [1.54, 1.807) is 30.4 Å². The van der Waals surface area contributed by atoms with E-state index in [9.17, 15) is 19.8 Å². The molecular weight excluding hydrogens is 490 g/mol. The summed E-state index contributed by atoms with van der Waals surface area (Å²) in [4.78, 5) is 28.6. The first kappa shape index (κ1) is 30.1. The minimum atomic E-state index is -1.23. The fourth-order valence-corrected chi connectivity index (χ4v) is 5.43. The Bertz CT molecular complexity index is 1140. The Labute approximate surface area is 232 Å². The molecule has 1 aliphatic carbocycles. The van der Waals surface area contributed by atoms with Crippen LogP contribution in [0.4, 0.5) is 0 Å². The molecule has 0 heterocycles. The molecule has 7 nitrogen and oxygen atoms in total. The predicted molar refractivity (Wildman–Crippen MR) is 155 cm³/mol. The van der Waals surface area contributed by atoms with Crippen molar-refractivity contribution in [3.8, 4) is 5.75 Å². The molecule has 210 valence electrons. The predicted octanol–water partition coefficient (Wildman–Crippen LogP) is 4.27. The summed E-state index contributed by atoms with van der Waals surface area (Å²) in [6, 6.07) is 16.5. The molecule has 39 heavy (non-hydrogen) atoms. The molecule has 0 radical (unpaired) electrons. The molecule has 0 fully saturated rings. The first-order chi connectivity index (χ1) is 18.7. The Kier molecular flexibility index (Phi) is 10.9. The number of benzene rings is 2. The summed E-state index contributed by atoms with van der Waals surface area (Å²) in [5.41, 5.74) is 7.35. The maximum absolute atomic E-state index is 13.5. The van der Waals surface area contributed by atoms with Crippen molar-refractivity contribution in [2.45, 2.75) is 58.6 Å². The molecule has 0 aromatic heterocycles. The van der Waals surface area contributed by atoms with Crippen molar-refractivity contribution in [3.05, 3.63) is 89.5 Å². The second-order valence-corrected chi connectivity index (χ2v) is 10.5. The van der Waals surface area contributed by atoms with Crippen LogP contribution >= 0.6 is 0 Å². The van der Waals surface area contributed by atoms with Gasteiger partial charge in [0.2, 0.25) is 11.8 Å². The molecule has 1 aliphatic rings. The van der Waals surface area contributed by atoms with Gasteiger partial charge in [0, 0.05) is 37.2 Å². The summed E-state index contributed by atoms with van der Waals surface area (Å²) < 4.78 is 0. The molecule has 0 bridgehead atoms. The van der Waals surface area contributed by atoms with Crippen LogP contribution in [0.1, 0.15) is 57.2 Å². The molecule has 5 N–H and O–H groups in total. The Morgan fingerprint density at radius 3 is 2.28 bits per heavy atom. The number of nitrogens with two attached hydrogens (primary N) is 1. The van der Waals surface area contributed by atoms with Gasteiger partial charge in [-0.05, 0) is 55.9 Å². The van der Waals surface area contributed by atoms with Gasteiger partial charge in [-0.3, -0.25) is 9.59 Å². The van der Waals surface area contributed by atoms with Crippen molar-refractivity contribution in [3.63, 3.8) is 0 Å². The van der Waals surface area contributed by atoms with Crippen molar-refractivity contribution < 1.29 is 19.8 Å². The van der Waals surface area contributed by atoms with Gasteiger partial charge in [0.25, 0.3) is 0 Å². The number of aliphatic hydroxyl groups is 1. The fourth-order valence-electron chi connectivity index (χ4n) is 5.43. The molecular formula is C32H43N3O4. The number of hydrogen-bond donors (Lipinski definition) is 4. The third-order valence-corrected chi connectivity index (χ3v) is 7.63. The van der Waals surface area contributed by atoms with E-state index in [0.29, 0.717) is 25.1 Å². The zero-order valence-electron chi connectivity index (χ0n) is 23.3. The molecule has 0 aliphatic heterocycles. The van der Waals surface area contributed by atoms with Crippen LogP contribution in [0.25, 0.3) is 0 Å². The van der Waals surface area contributed by atoms with Crippen LogP contribution in [0.3, 0.4) is 0 Å². The number of hydrogen-bond acceptors (Lipinski definition) is 5. The van der Waals surface area contributed by atoms with Crippen molar-refractivity contribution in [1.82, 2.24) is 10.2 Å². The highest BCUT2D eigenvalue weighted by Crippen LogP contribution is 2.43. The number of aliphatic hydroxyl groups excluding tert-OH is 1. The number of allylic oxidation sites excluding steroid dienone is 2. The van der Waals surface area contributed by atoms with Gasteiger partial charge in [-0.15, -0.1) is 0 Å². The fraction of sp³-hybridized carbons (Fsp3) is 0.438. The smallest absolute Gasteiger partial charge is 0.249 e. The van der Waals surface area contributed by atoms with Gasteiger partial charge in [-0.25, -0.2) is 0 Å². The number of rotatable bonds is 14. The van der Waals surface area contributed by atoms with Gasteiger partial charge in [0.05, 0.1) is 11.5 Å². The van der Waals surface area contributed by atoms with E-state index in [4.69, 9.17) is 5.73 Å². The van der Waals surface area contributed by atoms with E-state index < -0.39 is 23.3 Å². The van der Waals surface area contributed by atoms with Gasteiger partial charge < -0.3 is 26.2 Å². The van der Waals surface area contributed by atoms with E-state index in [-0.39, 0.29) is 30.7 Å². The highest BCUT2D eigenvalue weighted by molar-refractivity contribution is 5.96. The largest absolute Gasteiger partial charge is 0.508 e. The van der Waals surface area contributed by atoms with E-state index in [2.05, 4.69) is 5.32 Å². The number of amides is 2. The molecule has 2 aromatic carbocycles. The van der Waals surface area contributed by atoms with E-state index in [1.165, 1.54) is 0 Å². The van der Waals surface area contributed by atoms with Gasteiger partial charge in [-0.2, -0.15) is 0 Å². The zero-order valence-corrected chi connectivity index (χ0v) is 23.3. The number of carbonyl (C=O) groups excluding carboxylic acids is 2. The Morgan fingerprint density at radius 2 is 1.69 bits per heavy atom. The lowest BCUT2D eigenvalue weighted by Crippen LogP contribution is -2.51. The number of phenols is 1. The lowest BCUT2D eigenvalue weighted by Gasteiger charge is -2.41. The van der Waals surface area contributed by atoms with Crippen LogP contribution < -0.4 is 11.1 Å². The van der Waals surface area contributed by atoms with Crippen LogP contribution in [-0.4, -0.2) is 52.7 Å². The summed E-state index contributed by atoms with van der Waals surface area (Å²) in [5, 5.41) is 24.6. The second-order valence-electron chi connectivity index (χ2n) is 10.5. The van der Waals surface area contributed by atoms with E-state index in [0.717, 1.165) is 24.0 Å². The van der Waals surface area contributed by atoms with Crippen molar-refractivity contribution in [2.75, 3.05) is 19.6 Å². The number of nitrogens with zero attached hydrogens (tertiary/aromatic N) is 1. The van der Waals surface area contributed by atoms with Crippen LogP contribution in [0.2, 0.25) is 0 Å². The quantitative estimate of drug-likeness (QED) is 0.289. The molecule has 2 unspecified atom stereocenters. The third-order valence-electron chi connectivity index (χ3n) is 7.63. The average Bonchev–Trinajstić information content (AvgIpc) is 2.94. The van der Waals surface area contributed by atoms with Crippen molar-refractivity contribution >= 4 is 11.8 Å². The lowest BCUT2D eigenvalue weighted by molar-refractivity contribution is -0.132. The summed E-state index contributed by atoms with van der Waals surface area (Å²) in [6.45, 7) is 7.56. The molecule has 0 saturated carbocycles. The van der Waals surface area contributed by atoms with Crippen LogP contribution in [0.15, 0.2) is 78.4 Å². The highest BCUT2D eigenvalue weighted by atomic mass is 16.3. The molecule has 0 saturated heterocycles. The average molecular weight is 534 g/mol. The lowest BCUT2D eigenvalue weighted by atomic mass is 9.64. The second kappa shape index (κ2) is 14.1. The van der Waals surface area contributed by atoms with Crippen LogP contribution in [0.5, 0.6) is 5.75 Å². The third kappa shape index (κ3) is 7.58. The Morgan fingerprint density at radius 1 is 1.05 bits per heavy atom. The van der Waals surface area contributed by atoms with Gasteiger partial charge in [0.15, 0.2) is 0 Å². The molecule has 2 aromatic rings. The molecule has 3 rings (SSSR count). The molecule has 0 spiro atoms. The first-order valence-corrected chi connectivity index (χ1v) is 13.9. The van der Waals surface area contributed by atoms with E-state index in [1.807, 2.05) is 68.1 Å². The summed E-state index contributed by atoms with van der Waals surface area (Å²) in [5.74, 6) is -1.02. The first-order valence-electron chi connectivity index (χ1n) is 13.9. The molecule has 4 atom stereocenters. The van der Waals surface area contributed by atoms with Crippen LogP contribution in [-0.2, 0) is 16.0 Å². The Balaban J connectivity index is 1.90. The maximum atomic E-state index is 13.5. The van der Waals surface area contributed by atoms with Crippen molar-refractivity contribution in [2.24, 2.45) is 17.1 Å². The zero-order chi connectivity index (χ0) is 28.4. The summed E-state index contributed by atoms with van der Waals surface area (Å²) in [7, 11) is 0. The Hall–Kier alpha value is -3.42. The summed E-state index contributed by atoms with van der Waals surface area (Å²) in [6.07, 6.45) is 6.61. The minimum absolute atomic E-state index is 0.0827. The van der Waals surface area contributed by atoms with Crippen molar-refractivity contribution in [1.29, 1.82) is 0 Å². The minimum Gasteiger partial charge on any atom is -0.508 e. The number of carbonyl (C=O) groups is 2. The number of primary amides is 1. The van der Waals surface area contributed by atoms with Gasteiger partial charge in [-0.1, -0.05) is 74.5 Å². The normalized spacial score (nSPS) is 19.1. The van der Waals surface area contributed by atoms with Gasteiger partial charge in [0.1, 0.15) is 5.75 Å². The number of phenolic OH excluding ortho intramolecular Hbond substituents is 1. The number of nitrogens with one attached hydrogen (secondary N) is 1. The molecule has 2 amide bonds. The SMILES string of the molecule is CCCN(CCC)C(=O)C1=CC=CC(C(N)=O)([C@H](Cc2ccccc2)[C@@H](O)CNC(C)c2ccc(O)cc2)C1. The maximum Gasteiger partial charge on any atom is 0.249 e. The molecule has 7 heteroatoms. The monoisotopic (exact) mass is 533 g/mol.